The minimum absolute atomic E-state index is 0.646. The van der Waals surface area contributed by atoms with Crippen molar-refractivity contribution in [2.75, 3.05) is 26.2 Å². The van der Waals surface area contributed by atoms with E-state index in [-0.39, 0.29) is 0 Å². The summed E-state index contributed by atoms with van der Waals surface area (Å²) < 4.78 is 0. The van der Waals surface area contributed by atoms with Gasteiger partial charge in [-0.1, -0.05) is 12.8 Å². The molecule has 1 heterocycles. The fourth-order valence-corrected chi connectivity index (χ4v) is 2.58. The molecule has 16 heavy (non-hydrogen) atoms. The molecule has 2 aliphatic rings. The van der Waals surface area contributed by atoms with Crippen molar-refractivity contribution < 1.29 is 9.90 Å². The van der Waals surface area contributed by atoms with E-state index in [4.69, 9.17) is 0 Å². The number of aliphatic carboxylic acids is 1. The number of carbonyl (C=O) groups is 1. The molecule has 1 aliphatic heterocycles. The first-order valence-corrected chi connectivity index (χ1v) is 6.32. The Morgan fingerprint density at radius 1 is 1.44 bits per heavy atom. The first kappa shape index (κ1) is 11.9. The second kappa shape index (κ2) is 4.72. The predicted octanol–water partition coefficient (Wildman–Crippen LogP) is 0.925. The summed E-state index contributed by atoms with van der Waals surface area (Å²) in [5, 5.41) is 12.8. The minimum atomic E-state index is -0.652. The highest BCUT2D eigenvalue weighted by molar-refractivity contribution is 5.78. The quantitative estimate of drug-likeness (QED) is 0.748. The average molecular weight is 226 g/mol. The molecule has 4 nitrogen and oxygen atoms in total. The molecule has 0 aromatic rings. The molecule has 0 radical (unpaired) electrons. The van der Waals surface area contributed by atoms with Crippen LogP contribution < -0.4 is 5.32 Å². The summed E-state index contributed by atoms with van der Waals surface area (Å²) >= 11 is 0. The van der Waals surface area contributed by atoms with Crippen LogP contribution in [-0.4, -0.2) is 47.7 Å². The van der Waals surface area contributed by atoms with E-state index in [2.05, 4.69) is 10.2 Å². The van der Waals surface area contributed by atoms with E-state index in [9.17, 15) is 9.90 Å². The third kappa shape index (κ3) is 2.55. The molecule has 2 fully saturated rings. The molecule has 0 spiro atoms. The number of carboxylic acids is 1. The molecule has 4 heteroatoms. The summed E-state index contributed by atoms with van der Waals surface area (Å²) in [6.45, 7) is 5.58. The van der Waals surface area contributed by atoms with Gasteiger partial charge in [0.25, 0.3) is 0 Å². The number of hydrogen-bond acceptors (Lipinski definition) is 3. The van der Waals surface area contributed by atoms with Gasteiger partial charge in [0.05, 0.1) is 0 Å². The molecule has 1 saturated heterocycles. The third-order valence-corrected chi connectivity index (χ3v) is 3.88. The predicted molar refractivity (Wildman–Crippen MR) is 62.4 cm³/mol. The maximum absolute atomic E-state index is 11.5. The van der Waals surface area contributed by atoms with Crippen molar-refractivity contribution in [1.29, 1.82) is 0 Å². The summed E-state index contributed by atoms with van der Waals surface area (Å²) in [7, 11) is 0. The Bertz CT molecular complexity index is 258. The lowest BCUT2D eigenvalue weighted by Gasteiger charge is -2.37. The topological polar surface area (TPSA) is 52.6 Å². The van der Waals surface area contributed by atoms with Crippen molar-refractivity contribution in [2.45, 2.75) is 38.1 Å². The number of nitrogens with zero attached hydrogens (tertiary/aromatic N) is 1. The molecule has 1 aliphatic carbocycles. The molecule has 1 unspecified atom stereocenters. The van der Waals surface area contributed by atoms with Crippen LogP contribution in [0.25, 0.3) is 0 Å². The fraction of sp³-hybridized carbons (Fsp3) is 0.917. The molecule has 0 aromatic carbocycles. The lowest BCUT2D eigenvalue weighted by molar-refractivity contribution is -0.151. The molecule has 0 aromatic heterocycles. The fourth-order valence-electron chi connectivity index (χ4n) is 2.58. The second-order valence-corrected chi connectivity index (χ2v) is 5.32. The van der Waals surface area contributed by atoms with E-state index in [0.717, 1.165) is 39.0 Å². The van der Waals surface area contributed by atoms with Gasteiger partial charge >= 0.3 is 5.97 Å². The molecule has 1 saturated carbocycles. The lowest BCUT2D eigenvalue weighted by Crippen LogP contribution is -2.53. The first-order valence-electron chi connectivity index (χ1n) is 6.32. The van der Waals surface area contributed by atoms with Crippen molar-refractivity contribution in [1.82, 2.24) is 10.2 Å². The van der Waals surface area contributed by atoms with Crippen molar-refractivity contribution in [3.8, 4) is 0 Å². The molecular formula is C12H22N2O2. The Morgan fingerprint density at radius 3 is 2.81 bits per heavy atom. The second-order valence-electron chi connectivity index (χ2n) is 5.32. The van der Waals surface area contributed by atoms with Gasteiger partial charge in [-0.25, -0.2) is 0 Å². The zero-order valence-corrected chi connectivity index (χ0v) is 10.0. The standard InChI is InChI=1S/C12H22N2O2/c1-12(11(15)16,9-10-3-4-10)14-7-2-5-13-6-8-14/h10,13H,2-9H2,1H3,(H,15,16). The van der Waals surface area contributed by atoms with Gasteiger partial charge < -0.3 is 10.4 Å². The van der Waals surface area contributed by atoms with Crippen LogP contribution in [-0.2, 0) is 4.79 Å². The Labute approximate surface area is 97.0 Å². The zero-order chi connectivity index (χ0) is 11.6. The van der Waals surface area contributed by atoms with Crippen molar-refractivity contribution in [3.05, 3.63) is 0 Å². The minimum Gasteiger partial charge on any atom is -0.480 e. The molecule has 1 atom stereocenters. The Hall–Kier alpha value is -0.610. The van der Waals surface area contributed by atoms with Gasteiger partial charge in [0.2, 0.25) is 0 Å². The van der Waals surface area contributed by atoms with E-state index in [0.29, 0.717) is 5.92 Å². The summed E-state index contributed by atoms with van der Waals surface area (Å²) in [5.41, 5.74) is -0.646. The van der Waals surface area contributed by atoms with Crippen LogP contribution in [0, 0.1) is 5.92 Å². The van der Waals surface area contributed by atoms with Gasteiger partial charge in [0.1, 0.15) is 5.54 Å². The Morgan fingerprint density at radius 2 is 2.19 bits per heavy atom. The summed E-state index contributed by atoms with van der Waals surface area (Å²) in [5.74, 6) is -0.00128. The van der Waals surface area contributed by atoms with Gasteiger partial charge in [-0.3, -0.25) is 9.69 Å². The van der Waals surface area contributed by atoms with Crippen LogP contribution >= 0.6 is 0 Å². The van der Waals surface area contributed by atoms with Crippen molar-refractivity contribution in [2.24, 2.45) is 5.92 Å². The van der Waals surface area contributed by atoms with Crippen molar-refractivity contribution >= 4 is 5.97 Å². The highest BCUT2D eigenvalue weighted by Gasteiger charge is 2.43. The van der Waals surface area contributed by atoms with Crippen LogP contribution in [0.3, 0.4) is 0 Å². The molecule has 0 amide bonds. The van der Waals surface area contributed by atoms with Crippen LogP contribution in [0.15, 0.2) is 0 Å². The Balaban J connectivity index is 2.05. The lowest BCUT2D eigenvalue weighted by atomic mass is 9.92. The number of carboxylic acid groups (broad SMARTS) is 1. The molecule has 2 N–H and O–H groups in total. The first-order chi connectivity index (χ1) is 7.63. The van der Waals surface area contributed by atoms with Gasteiger partial charge in [0, 0.05) is 19.6 Å². The van der Waals surface area contributed by atoms with E-state index in [1.165, 1.54) is 12.8 Å². The monoisotopic (exact) mass is 226 g/mol. The molecule has 0 bridgehead atoms. The maximum atomic E-state index is 11.5. The van der Waals surface area contributed by atoms with E-state index in [1.807, 2.05) is 6.92 Å². The van der Waals surface area contributed by atoms with Gasteiger partial charge in [-0.2, -0.15) is 0 Å². The highest BCUT2D eigenvalue weighted by atomic mass is 16.4. The van der Waals surface area contributed by atoms with Gasteiger partial charge in [-0.05, 0) is 32.2 Å². The van der Waals surface area contributed by atoms with Crippen LogP contribution in [0.5, 0.6) is 0 Å². The van der Waals surface area contributed by atoms with E-state index in [1.54, 1.807) is 0 Å². The smallest absolute Gasteiger partial charge is 0.323 e. The average Bonchev–Trinajstić information content (AvgIpc) is 3.01. The molecular weight excluding hydrogens is 204 g/mol. The molecule has 92 valence electrons. The van der Waals surface area contributed by atoms with E-state index < -0.39 is 11.5 Å². The largest absolute Gasteiger partial charge is 0.480 e. The van der Waals surface area contributed by atoms with Crippen LogP contribution in [0.1, 0.15) is 32.6 Å². The maximum Gasteiger partial charge on any atom is 0.323 e. The van der Waals surface area contributed by atoms with Gasteiger partial charge in [0.15, 0.2) is 0 Å². The normalized spacial score (nSPS) is 27.1. The van der Waals surface area contributed by atoms with Crippen LogP contribution in [0.2, 0.25) is 0 Å². The Kier molecular flexibility index (Phi) is 3.50. The molecule has 2 rings (SSSR count). The summed E-state index contributed by atoms with van der Waals surface area (Å²) in [6, 6.07) is 0. The van der Waals surface area contributed by atoms with Crippen molar-refractivity contribution in [3.63, 3.8) is 0 Å². The number of rotatable bonds is 4. The SMILES string of the molecule is CC(CC1CC1)(C(=O)O)N1CCCNCC1. The zero-order valence-electron chi connectivity index (χ0n) is 10.0. The number of hydrogen-bond donors (Lipinski definition) is 2. The summed E-state index contributed by atoms with van der Waals surface area (Å²) in [4.78, 5) is 13.7. The number of nitrogens with one attached hydrogen (secondary N) is 1. The summed E-state index contributed by atoms with van der Waals surface area (Å²) in [6.07, 6.45) is 4.31. The third-order valence-electron chi connectivity index (χ3n) is 3.88. The highest BCUT2D eigenvalue weighted by Crippen LogP contribution is 2.39. The van der Waals surface area contributed by atoms with Gasteiger partial charge in [-0.15, -0.1) is 0 Å². The van der Waals surface area contributed by atoms with Crippen LogP contribution in [0.4, 0.5) is 0 Å². The van der Waals surface area contributed by atoms with E-state index >= 15 is 0 Å².